The summed E-state index contributed by atoms with van der Waals surface area (Å²) in [6, 6.07) is -0.317. The molecule has 1 unspecified atom stereocenters. The van der Waals surface area contributed by atoms with Gasteiger partial charge in [0.05, 0.1) is 24.4 Å². The molecule has 1 amide bonds. The van der Waals surface area contributed by atoms with Gasteiger partial charge >= 0.3 is 0 Å². The lowest BCUT2D eigenvalue weighted by Gasteiger charge is -2.25. The molecule has 0 spiro atoms. The smallest absolute Gasteiger partial charge is 0.223 e. The zero-order valence-corrected chi connectivity index (χ0v) is 14.8. The number of sulfonamides is 1. The number of hydrogen-bond donors (Lipinski definition) is 0. The summed E-state index contributed by atoms with van der Waals surface area (Å²) < 4.78 is 52.2. The Bertz CT molecular complexity index is 587. The Morgan fingerprint density at radius 1 is 1.32 bits per heavy atom. The molecule has 1 aliphatic rings. The molecule has 0 aliphatic carbocycles. The molecule has 0 saturated carbocycles. The second-order valence-electron chi connectivity index (χ2n) is 5.47. The van der Waals surface area contributed by atoms with E-state index in [1.54, 1.807) is 7.05 Å². The number of nitrogens with zero attached hydrogens (tertiary/aromatic N) is 2. The van der Waals surface area contributed by atoms with Crippen LogP contribution in [0.5, 0.6) is 0 Å². The second-order valence-corrected chi connectivity index (χ2v) is 9.68. The molecule has 1 saturated heterocycles. The topological polar surface area (TPSA) is 101 Å². The van der Waals surface area contributed by atoms with Gasteiger partial charge in [-0.15, -0.1) is 0 Å². The van der Waals surface area contributed by atoms with Crippen molar-refractivity contribution in [1.82, 2.24) is 9.21 Å². The summed E-state index contributed by atoms with van der Waals surface area (Å²) in [5, 5.41) is 0. The molecule has 0 aromatic carbocycles. The van der Waals surface area contributed by atoms with Gasteiger partial charge in [0.15, 0.2) is 9.84 Å². The fourth-order valence-electron chi connectivity index (χ4n) is 2.32. The molecular formula is C12H24N2O6S2. The van der Waals surface area contributed by atoms with Crippen LogP contribution in [0.2, 0.25) is 0 Å². The first-order valence-corrected chi connectivity index (χ1v) is 10.6. The van der Waals surface area contributed by atoms with Gasteiger partial charge < -0.3 is 9.64 Å². The van der Waals surface area contributed by atoms with E-state index >= 15 is 0 Å². The lowest BCUT2D eigenvalue weighted by atomic mass is 10.2. The summed E-state index contributed by atoms with van der Waals surface area (Å²) in [5.74, 6) is -0.180. The van der Waals surface area contributed by atoms with Crippen LogP contribution >= 0.6 is 0 Å². The van der Waals surface area contributed by atoms with E-state index in [2.05, 4.69) is 0 Å². The van der Waals surface area contributed by atoms with Crippen LogP contribution in [-0.2, 0) is 29.4 Å². The Kier molecular flexibility index (Phi) is 6.78. The normalized spacial score (nSPS) is 21.2. The SMILES string of the molecule is COCCN(CCC(=O)N(C)C1CCS(=O)(=O)C1)S(C)(=O)=O. The predicted octanol–water partition coefficient (Wildman–Crippen LogP) is -1.07. The molecule has 1 heterocycles. The van der Waals surface area contributed by atoms with Crippen LogP contribution in [0.25, 0.3) is 0 Å². The number of methoxy groups -OCH3 is 1. The quantitative estimate of drug-likeness (QED) is 0.549. The maximum absolute atomic E-state index is 12.1. The van der Waals surface area contributed by atoms with Crippen molar-refractivity contribution in [3.8, 4) is 0 Å². The number of carbonyl (C=O) groups is 1. The second kappa shape index (κ2) is 7.71. The van der Waals surface area contributed by atoms with E-state index in [9.17, 15) is 21.6 Å². The van der Waals surface area contributed by atoms with Crippen LogP contribution in [0.1, 0.15) is 12.8 Å². The lowest BCUT2D eigenvalue weighted by molar-refractivity contribution is -0.131. The zero-order valence-electron chi connectivity index (χ0n) is 13.2. The minimum atomic E-state index is -3.41. The Morgan fingerprint density at radius 3 is 2.41 bits per heavy atom. The molecule has 8 nitrogen and oxygen atoms in total. The highest BCUT2D eigenvalue weighted by molar-refractivity contribution is 7.91. The van der Waals surface area contributed by atoms with Gasteiger partial charge in [0.1, 0.15) is 0 Å². The van der Waals surface area contributed by atoms with Crippen molar-refractivity contribution < 1.29 is 26.4 Å². The Hall–Kier alpha value is -0.710. The molecule has 10 heteroatoms. The number of hydrogen-bond acceptors (Lipinski definition) is 6. The van der Waals surface area contributed by atoms with Crippen molar-refractivity contribution in [2.75, 3.05) is 51.6 Å². The third kappa shape index (κ3) is 5.82. The van der Waals surface area contributed by atoms with Gasteiger partial charge in [-0.05, 0) is 6.42 Å². The highest BCUT2D eigenvalue weighted by Crippen LogP contribution is 2.17. The van der Waals surface area contributed by atoms with Crippen molar-refractivity contribution >= 4 is 25.8 Å². The molecule has 130 valence electrons. The fraction of sp³-hybridized carbons (Fsp3) is 0.917. The molecule has 0 radical (unpaired) electrons. The molecule has 1 atom stereocenters. The first-order chi connectivity index (χ1) is 10.1. The third-order valence-corrected chi connectivity index (χ3v) is 6.79. The van der Waals surface area contributed by atoms with Crippen LogP contribution in [0, 0.1) is 0 Å². The third-order valence-electron chi connectivity index (χ3n) is 3.74. The minimum absolute atomic E-state index is 0.0177. The number of rotatable bonds is 8. The van der Waals surface area contributed by atoms with E-state index in [0.29, 0.717) is 6.42 Å². The number of carbonyl (C=O) groups excluding carboxylic acids is 1. The minimum Gasteiger partial charge on any atom is -0.383 e. The molecular weight excluding hydrogens is 332 g/mol. The van der Waals surface area contributed by atoms with E-state index in [1.807, 2.05) is 0 Å². The van der Waals surface area contributed by atoms with Gasteiger partial charge in [0.2, 0.25) is 15.9 Å². The number of sulfone groups is 1. The van der Waals surface area contributed by atoms with E-state index in [1.165, 1.54) is 16.3 Å². The average molecular weight is 356 g/mol. The Labute approximate surface area is 132 Å². The summed E-state index contributed by atoms with van der Waals surface area (Å²) in [6.45, 7) is 0.493. The van der Waals surface area contributed by atoms with Crippen LogP contribution in [0.3, 0.4) is 0 Å². The van der Waals surface area contributed by atoms with Gasteiger partial charge in [-0.2, -0.15) is 4.31 Å². The van der Waals surface area contributed by atoms with Crippen molar-refractivity contribution in [3.63, 3.8) is 0 Å². The van der Waals surface area contributed by atoms with Crippen LogP contribution in [-0.4, -0.2) is 89.6 Å². The molecule has 0 aromatic heterocycles. The maximum atomic E-state index is 12.1. The summed E-state index contributed by atoms with van der Waals surface area (Å²) >= 11 is 0. The van der Waals surface area contributed by atoms with Gasteiger partial charge in [0, 0.05) is 39.7 Å². The highest BCUT2D eigenvalue weighted by Gasteiger charge is 2.32. The number of amides is 1. The fourth-order valence-corrected chi connectivity index (χ4v) is 4.92. The van der Waals surface area contributed by atoms with Gasteiger partial charge in [-0.1, -0.05) is 0 Å². The van der Waals surface area contributed by atoms with Gasteiger partial charge in [-0.3, -0.25) is 4.79 Å². The molecule has 1 fully saturated rings. The highest BCUT2D eigenvalue weighted by atomic mass is 32.2. The first kappa shape index (κ1) is 19.3. The van der Waals surface area contributed by atoms with E-state index < -0.39 is 19.9 Å². The monoisotopic (exact) mass is 356 g/mol. The van der Waals surface area contributed by atoms with Crippen molar-refractivity contribution in [3.05, 3.63) is 0 Å². The molecule has 0 bridgehead atoms. The summed E-state index contributed by atoms with van der Waals surface area (Å²) in [7, 11) is -3.43. The zero-order chi connectivity index (χ0) is 17.0. The maximum Gasteiger partial charge on any atom is 0.223 e. The van der Waals surface area contributed by atoms with Gasteiger partial charge in [0.25, 0.3) is 0 Å². The van der Waals surface area contributed by atoms with Crippen molar-refractivity contribution in [1.29, 1.82) is 0 Å². The number of ether oxygens (including phenoxy) is 1. The van der Waals surface area contributed by atoms with Gasteiger partial charge in [-0.25, -0.2) is 16.8 Å². The van der Waals surface area contributed by atoms with E-state index in [-0.39, 0.29) is 49.6 Å². The van der Waals surface area contributed by atoms with Crippen molar-refractivity contribution in [2.24, 2.45) is 0 Å². The molecule has 0 N–H and O–H groups in total. The predicted molar refractivity (Wildman–Crippen MR) is 82.7 cm³/mol. The van der Waals surface area contributed by atoms with Crippen LogP contribution < -0.4 is 0 Å². The Morgan fingerprint density at radius 2 is 1.95 bits per heavy atom. The van der Waals surface area contributed by atoms with Crippen molar-refractivity contribution in [2.45, 2.75) is 18.9 Å². The summed E-state index contributed by atoms with van der Waals surface area (Å²) in [4.78, 5) is 13.5. The summed E-state index contributed by atoms with van der Waals surface area (Å²) in [5.41, 5.74) is 0. The molecule has 0 aromatic rings. The molecule has 1 aliphatic heterocycles. The molecule has 22 heavy (non-hydrogen) atoms. The van der Waals surface area contributed by atoms with E-state index in [0.717, 1.165) is 6.26 Å². The molecule has 1 rings (SSSR count). The lowest BCUT2D eigenvalue weighted by Crippen LogP contribution is -2.41. The summed E-state index contributed by atoms with van der Waals surface area (Å²) in [6.07, 6.45) is 1.54. The average Bonchev–Trinajstić information content (AvgIpc) is 2.76. The largest absolute Gasteiger partial charge is 0.383 e. The Balaban J connectivity index is 2.56. The van der Waals surface area contributed by atoms with Crippen LogP contribution in [0.4, 0.5) is 0 Å². The van der Waals surface area contributed by atoms with Crippen LogP contribution in [0.15, 0.2) is 0 Å². The first-order valence-electron chi connectivity index (χ1n) is 6.97. The van der Waals surface area contributed by atoms with E-state index in [4.69, 9.17) is 4.74 Å². The standard InChI is InChI=1S/C12H24N2O6S2/c1-13(11-5-9-22(18,19)10-11)12(15)4-6-14(7-8-20-2)21(3,16)17/h11H,4-10H2,1-3H3.